The van der Waals surface area contributed by atoms with Crippen LogP contribution in [0.25, 0.3) is 0 Å². The van der Waals surface area contributed by atoms with E-state index in [9.17, 15) is 14.1 Å². The number of carbonyl (C=O) groups excluding carboxylic acids is 1. The summed E-state index contributed by atoms with van der Waals surface area (Å²) < 4.78 is 13.8. The Bertz CT molecular complexity index is 434. The Kier molecular flexibility index (Phi) is 2.47. The van der Waals surface area contributed by atoms with Crippen LogP contribution in [0.3, 0.4) is 0 Å². The maximum atomic E-state index is 11.6. The zero-order valence-corrected chi connectivity index (χ0v) is 8.40. The molecule has 0 amide bonds. The van der Waals surface area contributed by atoms with Gasteiger partial charge in [0.1, 0.15) is 4.90 Å². The number of hydrogen-bond donors (Lipinski definition) is 2. The summed E-state index contributed by atoms with van der Waals surface area (Å²) in [6, 6.07) is 4.91. The Morgan fingerprint density at radius 1 is 1.47 bits per heavy atom. The number of benzene rings is 1. The van der Waals surface area contributed by atoms with Gasteiger partial charge in [-0.3, -0.25) is 4.79 Å². The summed E-state index contributed by atoms with van der Waals surface area (Å²) in [5.74, 6) is -1.86. The molecule has 1 radical (unpaired) electrons. The number of fused-ring (bicyclic) bond motifs is 1. The smallest absolute Gasteiger partial charge is 0.333 e. The minimum atomic E-state index is -2.01. The van der Waals surface area contributed by atoms with Crippen molar-refractivity contribution in [2.24, 2.45) is 0 Å². The molecule has 6 heteroatoms. The highest BCUT2D eigenvalue weighted by atomic mass is 32.2. The summed E-state index contributed by atoms with van der Waals surface area (Å²) in [4.78, 5) is 22.7. The Morgan fingerprint density at radius 2 is 2.13 bits per heavy atom. The average molecular weight is 226 g/mol. The molecule has 1 aromatic carbocycles. The monoisotopic (exact) mass is 226 g/mol. The molecule has 0 fully saturated rings. The molecule has 0 bridgehead atoms. The molecule has 0 aliphatic carbocycles. The van der Waals surface area contributed by atoms with Crippen molar-refractivity contribution >= 4 is 23.1 Å². The van der Waals surface area contributed by atoms with Crippen molar-refractivity contribution in [3.05, 3.63) is 29.8 Å². The first-order valence-corrected chi connectivity index (χ1v) is 5.46. The fourth-order valence-corrected chi connectivity index (χ4v) is 2.65. The van der Waals surface area contributed by atoms with Crippen molar-refractivity contribution in [2.75, 3.05) is 0 Å². The molecule has 0 saturated carbocycles. The summed E-state index contributed by atoms with van der Waals surface area (Å²) >= 11 is -2.01. The molecule has 0 spiro atoms. The van der Waals surface area contributed by atoms with Gasteiger partial charge in [-0.05, 0) is 12.1 Å². The van der Waals surface area contributed by atoms with Crippen LogP contribution in [0, 0.1) is 0 Å². The van der Waals surface area contributed by atoms with Crippen molar-refractivity contribution in [3.63, 3.8) is 0 Å². The number of rotatable bonds is 1. The lowest BCUT2D eigenvalue weighted by molar-refractivity contribution is -0.137. The topological polar surface area (TPSA) is 89.5 Å². The van der Waals surface area contributed by atoms with Crippen LogP contribution < -0.4 is 4.72 Å². The van der Waals surface area contributed by atoms with Gasteiger partial charge >= 0.3 is 5.97 Å². The van der Waals surface area contributed by atoms with Gasteiger partial charge in [0.05, 0.1) is 5.56 Å². The molecule has 2 N–H and O–H groups in total. The normalized spacial score (nSPS) is 24.7. The van der Waals surface area contributed by atoms with Gasteiger partial charge in [0.15, 0.2) is 5.78 Å². The molecule has 2 rings (SSSR count). The lowest BCUT2D eigenvalue weighted by Gasteiger charge is -2.27. The van der Waals surface area contributed by atoms with Crippen LogP contribution in [-0.4, -0.2) is 27.5 Å². The molecule has 1 heterocycles. The first-order chi connectivity index (χ1) is 7.11. The van der Waals surface area contributed by atoms with Gasteiger partial charge in [-0.15, -0.1) is 11.4 Å². The largest absolute Gasteiger partial charge is 0.634 e. The Hall–Kier alpha value is -1.37. The van der Waals surface area contributed by atoms with E-state index in [4.69, 9.17) is 5.11 Å². The molecule has 1 aromatic rings. The third-order valence-electron chi connectivity index (χ3n) is 2.14. The second-order valence-electron chi connectivity index (χ2n) is 3.08. The highest BCUT2D eigenvalue weighted by Crippen LogP contribution is 2.22. The van der Waals surface area contributed by atoms with Crippen molar-refractivity contribution in [2.45, 2.75) is 10.9 Å². The van der Waals surface area contributed by atoms with Gasteiger partial charge in [0.25, 0.3) is 0 Å². The quantitative estimate of drug-likeness (QED) is 0.389. The summed E-state index contributed by atoms with van der Waals surface area (Å²) in [6.07, 6.45) is 0. The minimum Gasteiger partial charge on any atom is -0.634 e. The van der Waals surface area contributed by atoms with Crippen LogP contribution in [0.4, 0.5) is 0 Å². The van der Waals surface area contributed by atoms with Gasteiger partial charge in [-0.1, -0.05) is 12.1 Å². The fourth-order valence-electron chi connectivity index (χ4n) is 1.43. The van der Waals surface area contributed by atoms with Crippen LogP contribution in [0.5, 0.6) is 0 Å². The third-order valence-corrected chi connectivity index (χ3v) is 3.46. The van der Waals surface area contributed by atoms with Gasteiger partial charge in [0.2, 0.25) is 6.04 Å². The van der Waals surface area contributed by atoms with Crippen molar-refractivity contribution < 1.29 is 19.2 Å². The first-order valence-electron chi connectivity index (χ1n) is 4.21. The zero-order valence-electron chi connectivity index (χ0n) is 7.51. The predicted molar refractivity (Wildman–Crippen MR) is 53.1 cm³/mol. The van der Waals surface area contributed by atoms with E-state index in [0.717, 1.165) is 0 Å². The molecular weight excluding hydrogens is 218 g/mol. The van der Waals surface area contributed by atoms with E-state index >= 15 is 0 Å². The lowest BCUT2D eigenvalue weighted by atomic mass is 10.0. The SMILES string of the molecule is O=C(O)C1N[SH+]([O-])c2ccccc2C1=O. The molecule has 5 nitrogen and oxygen atoms in total. The second-order valence-corrected chi connectivity index (χ2v) is 4.40. The molecule has 15 heavy (non-hydrogen) atoms. The molecular formula is C9H8NO4S. The zero-order chi connectivity index (χ0) is 11.0. The van der Waals surface area contributed by atoms with E-state index in [1.165, 1.54) is 6.07 Å². The molecule has 1 aliphatic heterocycles. The number of carbonyl (C=O) groups is 2. The van der Waals surface area contributed by atoms with Crippen LogP contribution in [0.2, 0.25) is 0 Å². The van der Waals surface area contributed by atoms with Crippen molar-refractivity contribution in [1.82, 2.24) is 4.72 Å². The summed E-state index contributed by atoms with van der Waals surface area (Å²) in [5, 5.41) is 8.74. The number of nitrogens with one attached hydrogen (secondary N) is 1. The minimum absolute atomic E-state index is 0.227. The van der Waals surface area contributed by atoms with E-state index in [0.29, 0.717) is 4.90 Å². The van der Waals surface area contributed by atoms with Crippen LogP contribution in [-0.2, 0) is 16.2 Å². The molecule has 0 aromatic heterocycles. The van der Waals surface area contributed by atoms with Crippen molar-refractivity contribution in [3.8, 4) is 0 Å². The van der Waals surface area contributed by atoms with Crippen LogP contribution >= 0.6 is 0 Å². The Labute approximate surface area is 88.4 Å². The standard InChI is InChI=1S/C9H8NO4S/c11-8-5-3-1-2-4-6(5)15(14)10-7(8)9(12)13/h1-4,7,10,15H,(H,12,13). The Balaban J connectivity index is 2.49. The number of ketones is 1. The summed E-state index contributed by atoms with van der Waals surface area (Å²) in [5.41, 5.74) is 0.227. The van der Waals surface area contributed by atoms with Crippen LogP contribution in [0.1, 0.15) is 10.4 Å². The average Bonchev–Trinajstić information content (AvgIpc) is 2.23. The molecule has 2 unspecified atom stereocenters. The molecule has 1 aliphatic rings. The summed E-state index contributed by atoms with van der Waals surface area (Å²) in [6.45, 7) is 0. The lowest BCUT2D eigenvalue weighted by Crippen LogP contribution is -2.50. The maximum absolute atomic E-state index is 11.6. The van der Waals surface area contributed by atoms with E-state index in [-0.39, 0.29) is 5.56 Å². The maximum Gasteiger partial charge on any atom is 0.333 e. The van der Waals surface area contributed by atoms with E-state index in [2.05, 4.69) is 4.72 Å². The molecule has 2 atom stereocenters. The number of hydrogen-bond acceptors (Lipinski definition) is 4. The number of thiol groups is 1. The second kappa shape index (κ2) is 3.65. The van der Waals surface area contributed by atoms with E-state index in [1.54, 1.807) is 18.2 Å². The number of carboxylic acid groups (broad SMARTS) is 1. The summed E-state index contributed by atoms with van der Waals surface area (Å²) in [7, 11) is 0. The highest BCUT2D eigenvalue weighted by molar-refractivity contribution is 7.89. The Morgan fingerprint density at radius 3 is 2.80 bits per heavy atom. The third kappa shape index (κ3) is 1.63. The molecule has 79 valence electrons. The van der Waals surface area contributed by atoms with Gasteiger partial charge < -0.3 is 9.66 Å². The number of carboxylic acids is 1. The van der Waals surface area contributed by atoms with Gasteiger partial charge in [-0.2, -0.15) is 4.72 Å². The fraction of sp³-hybridized carbons (Fsp3) is 0.111. The van der Waals surface area contributed by atoms with Crippen LogP contribution in [0.15, 0.2) is 29.2 Å². The predicted octanol–water partition coefficient (Wildman–Crippen LogP) is -0.319. The van der Waals surface area contributed by atoms with E-state index < -0.39 is 29.2 Å². The number of Topliss-reactive ketones (excluding diaryl/α,β-unsaturated/α-hetero) is 1. The van der Waals surface area contributed by atoms with Gasteiger partial charge in [0, 0.05) is 0 Å². The first kappa shape index (κ1) is 10.2. The van der Waals surface area contributed by atoms with Gasteiger partial charge in [-0.25, -0.2) is 4.79 Å². The van der Waals surface area contributed by atoms with E-state index in [1.807, 2.05) is 0 Å². The van der Waals surface area contributed by atoms with Crippen molar-refractivity contribution in [1.29, 1.82) is 0 Å². The molecule has 0 saturated heterocycles. The number of aliphatic carboxylic acids is 1. The highest BCUT2D eigenvalue weighted by Gasteiger charge is 2.37.